The summed E-state index contributed by atoms with van der Waals surface area (Å²) < 4.78 is 17.4. The maximum Gasteiger partial charge on any atom is 0.338 e. The molecule has 2 heterocycles. The first-order valence-corrected chi connectivity index (χ1v) is 13.4. The summed E-state index contributed by atoms with van der Waals surface area (Å²) in [5.41, 5.74) is 7.67. The van der Waals surface area contributed by atoms with E-state index in [9.17, 15) is 61.0 Å². The molecule has 0 radical (unpaired) electrons. The molecule has 46 heavy (non-hydrogen) atoms. The highest BCUT2D eigenvalue weighted by Gasteiger charge is 2.48. The third-order valence-corrected chi connectivity index (χ3v) is 7.67. The maximum absolute atomic E-state index is 13.1. The van der Waals surface area contributed by atoms with Gasteiger partial charge >= 0.3 is 5.97 Å². The highest BCUT2D eigenvalue weighted by Crippen LogP contribution is 2.52. The van der Waals surface area contributed by atoms with Crippen LogP contribution in [0.4, 0.5) is 0 Å². The topological polar surface area (TPSA) is 316 Å². The largest absolute Gasteiger partial charge is 0.507 e. The molecule has 3 aromatic rings. The van der Waals surface area contributed by atoms with Crippen LogP contribution < -0.4 is 4.74 Å². The Kier molecular flexibility index (Phi) is 8.40. The minimum absolute atomic E-state index is 0.122. The summed E-state index contributed by atoms with van der Waals surface area (Å²) in [5.74, 6) is -7.97. The molecule has 2 aliphatic heterocycles. The lowest BCUT2D eigenvalue weighted by Crippen LogP contribution is -2.55. The second-order valence-electron chi connectivity index (χ2n) is 10.6. The molecule has 7 atom stereocenters. The molecular weight excluding hydrogens is 618 g/mol. The first-order chi connectivity index (χ1) is 21.7. The Labute approximate surface area is 257 Å². The van der Waals surface area contributed by atoms with Gasteiger partial charge in [0.15, 0.2) is 40.6 Å². The number of carbonyl (C=O) groups is 1. The number of aromatic hydroxyl groups is 8. The van der Waals surface area contributed by atoms with Crippen molar-refractivity contribution in [3.8, 4) is 51.7 Å². The summed E-state index contributed by atoms with van der Waals surface area (Å²) in [5, 5.41) is 116. The first kappa shape index (κ1) is 31.9. The predicted octanol–water partition coefficient (Wildman–Crippen LogP) is 1.07. The zero-order valence-corrected chi connectivity index (χ0v) is 23.2. The number of benzene rings is 3. The van der Waals surface area contributed by atoms with Crippen LogP contribution in [-0.2, 0) is 15.9 Å². The van der Waals surface area contributed by atoms with Crippen LogP contribution >= 0.6 is 0 Å². The van der Waals surface area contributed by atoms with Crippen molar-refractivity contribution < 1.29 is 75.2 Å². The van der Waals surface area contributed by atoms with Crippen molar-refractivity contribution in [2.75, 3.05) is 6.54 Å². The fraction of sp³-hybridized carbons (Fsp3) is 0.321. The van der Waals surface area contributed by atoms with Gasteiger partial charge in [-0.2, -0.15) is 0 Å². The number of rotatable bonds is 6. The number of carbonyl (C=O) groups excluding carboxylic acids is 1. The van der Waals surface area contributed by atoms with E-state index in [1.165, 1.54) is 0 Å². The first-order valence-electron chi connectivity index (χ1n) is 13.4. The van der Waals surface area contributed by atoms with Gasteiger partial charge in [0.05, 0.1) is 23.8 Å². The van der Waals surface area contributed by atoms with Crippen LogP contribution in [0.3, 0.4) is 0 Å². The Morgan fingerprint density at radius 2 is 1.39 bits per heavy atom. The molecule has 1 fully saturated rings. The molecule has 0 spiro atoms. The SMILES string of the molecule is [N-]=[N+]=NC[C@@H]1O[C@H](c2c(O)cc(O)c3c2O[C@H](c2cc(O)c(O)c(O)c2)[C@H](OC(=O)c2cc(O)c(O)c(O)c2)C3)[C@H](O)[C@@H](O)[C@@H]1O. The zero-order chi connectivity index (χ0) is 33.6. The molecule has 2 aliphatic rings. The van der Waals surface area contributed by atoms with Gasteiger partial charge in [-0.25, -0.2) is 4.79 Å². The number of azide groups is 1. The van der Waals surface area contributed by atoms with E-state index in [0.717, 1.165) is 30.3 Å². The van der Waals surface area contributed by atoms with Gasteiger partial charge in [0.1, 0.15) is 47.8 Å². The summed E-state index contributed by atoms with van der Waals surface area (Å²) in [6, 6.07) is 4.34. The lowest BCUT2D eigenvalue weighted by atomic mass is 9.86. The Hall–Kier alpha value is -5.52. The molecule has 0 aromatic heterocycles. The second kappa shape index (κ2) is 12.1. The molecule has 5 rings (SSSR count). The number of hydrogen-bond donors (Lipinski definition) is 11. The van der Waals surface area contributed by atoms with Gasteiger partial charge < -0.3 is 70.4 Å². The van der Waals surface area contributed by atoms with Crippen LogP contribution in [0.5, 0.6) is 51.7 Å². The minimum atomic E-state index is -1.91. The number of phenolic OH excluding ortho intramolecular Hbond substituents is 8. The van der Waals surface area contributed by atoms with Crippen LogP contribution in [0.15, 0.2) is 35.4 Å². The molecule has 244 valence electrons. The van der Waals surface area contributed by atoms with E-state index in [0.29, 0.717) is 0 Å². The zero-order valence-electron chi connectivity index (χ0n) is 23.2. The Morgan fingerprint density at radius 3 is 1.98 bits per heavy atom. The highest BCUT2D eigenvalue weighted by atomic mass is 16.6. The smallest absolute Gasteiger partial charge is 0.338 e. The van der Waals surface area contributed by atoms with Gasteiger partial charge in [-0.3, -0.25) is 0 Å². The fourth-order valence-electron chi connectivity index (χ4n) is 5.37. The molecule has 3 aromatic carbocycles. The highest BCUT2D eigenvalue weighted by molar-refractivity contribution is 5.91. The van der Waals surface area contributed by atoms with Crippen molar-refractivity contribution in [1.29, 1.82) is 0 Å². The van der Waals surface area contributed by atoms with Gasteiger partial charge in [-0.15, -0.1) is 0 Å². The third-order valence-electron chi connectivity index (χ3n) is 7.67. The quantitative estimate of drug-likeness (QED) is 0.0587. The van der Waals surface area contributed by atoms with E-state index in [2.05, 4.69) is 10.0 Å². The molecule has 18 heteroatoms. The number of nitrogens with zero attached hydrogens (tertiary/aromatic N) is 3. The van der Waals surface area contributed by atoms with Gasteiger partial charge in [0.25, 0.3) is 0 Å². The number of aliphatic hydroxyl groups is 3. The van der Waals surface area contributed by atoms with E-state index in [1.807, 2.05) is 0 Å². The normalized spacial score (nSPS) is 25.5. The van der Waals surface area contributed by atoms with Gasteiger partial charge in [-0.1, -0.05) is 5.11 Å². The van der Waals surface area contributed by atoms with E-state index in [1.54, 1.807) is 0 Å². The van der Waals surface area contributed by atoms with Crippen molar-refractivity contribution in [3.05, 3.63) is 63.0 Å². The molecule has 0 saturated carbocycles. The maximum atomic E-state index is 13.1. The van der Waals surface area contributed by atoms with E-state index < -0.39 is 113 Å². The minimum Gasteiger partial charge on any atom is -0.507 e. The summed E-state index contributed by atoms with van der Waals surface area (Å²) in [7, 11) is 0. The van der Waals surface area contributed by atoms with Gasteiger partial charge in [0, 0.05) is 28.5 Å². The third kappa shape index (κ3) is 5.57. The molecular formula is C28H27N3O15. The Balaban J connectivity index is 1.62. The van der Waals surface area contributed by atoms with Gasteiger partial charge in [0.2, 0.25) is 0 Å². The molecule has 0 bridgehead atoms. The van der Waals surface area contributed by atoms with Crippen LogP contribution in [0.1, 0.15) is 39.3 Å². The average Bonchev–Trinajstić information content (AvgIpc) is 3.01. The molecule has 0 unspecified atom stereocenters. The Bertz CT molecular complexity index is 1700. The summed E-state index contributed by atoms with van der Waals surface area (Å²) >= 11 is 0. The molecule has 1 saturated heterocycles. The number of phenols is 8. The lowest BCUT2D eigenvalue weighted by molar-refractivity contribution is -0.222. The van der Waals surface area contributed by atoms with Crippen molar-refractivity contribution in [2.24, 2.45) is 5.11 Å². The summed E-state index contributed by atoms with van der Waals surface area (Å²) in [6.07, 6.45) is -12.0. The fourth-order valence-corrected chi connectivity index (χ4v) is 5.37. The van der Waals surface area contributed by atoms with E-state index in [-0.39, 0.29) is 22.4 Å². The van der Waals surface area contributed by atoms with Gasteiger partial charge in [-0.05, 0) is 29.8 Å². The predicted molar refractivity (Wildman–Crippen MR) is 149 cm³/mol. The monoisotopic (exact) mass is 645 g/mol. The second-order valence-corrected chi connectivity index (χ2v) is 10.6. The van der Waals surface area contributed by atoms with Crippen molar-refractivity contribution in [3.63, 3.8) is 0 Å². The summed E-state index contributed by atoms with van der Waals surface area (Å²) in [4.78, 5) is 15.7. The van der Waals surface area contributed by atoms with Crippen LogP contribution in [0.2, 0.25) is 0 Å². The van der Waals surface area contributed by atoms with Crippen molar-refractivity contribution in [2.45, 2.75) is 49.1 Å². The van der Waals surface area contributed by atoms with E-state index in [4.69, 9.17) is 19.7 Å². The van der Waals surface area contributed by atoms with Crippen LogP contribution in [0.25, 0.3) is 10.4 Å². The van der Waals surface area contributed by atoms with Crippen LogP contribution in [-0.4, -0.2) is 99.2 Å². The molecule has 0 amide bonds. The molecule has 18 nitrogen and oxygen atoms in total. The lowest BCUT2D eigenvalue weighted by Gasteiger charge is -2.42. The molecule has 11 N–H and O–H groups in total. The van der Waals surface area contributed by atoms with Crippen molar-refractivity contribution >= 4 is 5.97 Å². The van der Waals surface area contributed by atoms with Crippen molar-refractivity contribution in [1.82, 2.24) is 0 Å². The number of fused-ring (bicyclic) bond motifs is 1. The standard InChI is InChI=1S/C28H27N3O15/c29-31-30-7-18-22(40)23(41)24(42)27(44-18)19-12(33)6-11(32)10-5-17(45-28(43)9-3-15(36)21(39)16(37)4-9)25(46-26(10)19)8-1-13(34)20(38)14(35)2-8/h1-4,6,17-18,22-25,27,32-42H,5,7H2/t17-,18+,22-,23+,24-,25-,27-/m1/s1. The number of esters is 1. The Morgan fingerprint density at radius 1 is 0.804 bits per heavy atom. The number of ether oxygens (including phenoxy) is 3. The number of aliphatic hydroxyl groups excluding tert-OH is 3. The molecule has 0 aliphatic carbocycles. The van der Waals surface area contributed by atoms with Crippen LogP contribution in [0, 0.1) is 0 Å². The summed E-state index contributed by atoms with van der Waals surface area (Å²) in [6.45, 7) is -0.491. The van der Waals surface area contributed by atoms with E-state index >= 15 is 0 Å². The average molecular weight is 646 g/mol. The number of hydrogen-bond acceptors (Lipinski definition) is 16.